The van der Waals surface area contributed by atoms with E-state index in [2.05, 4.69) is 0 Å². The van der Waals surface area contributed by atoms with Gasteiger partial charge < -0.3 is 5.11 Å². The minimum atomic E-state index is -0.659. The van der Waals surface area contributed by atoms with Crippen molar-refractivity contribution in [3.8, 4) is 0 Å². The lowest BCUT2D eigenvalue weighted by Gasteiger charge is -2.02. The van der Waals surface area contributed by atoms with Gasteiger partial charge in [0.1, 0.15) is 0 Å². The first-order valence-corrected chi connectivity index (χ1v) is 4.48. The van der Waals surface area contributed by atoms with E-state index in [9.17, 15) is 4.79 Å². The van der Waals surface area contributed by atoms with Crippen LogP contribution in [0.15, 0.2) is 24.3 Å². The molecule has 1 saturated carbocycles. The minimum Gasteiger partial charge on any atom is -0.481 e. The second kappa shape index (κ2) is 2.87. The number of hydrogen-bond acceptors (Lipinski definition) is 1. The average Bonchev–Trinajstić information content (AvgIpc) is 2.84. The number of hydrogen-bond donors (Lipinski definition) is 1. The third-order valence-electron chi connectivity index (χ3n) is 2.70. The monoisotopic (exact) mass is 176 g/mol. The van der Waals surface area contributed by atoms with Crippen molar-refractivity contribution < 1.29 is 9.90 Å². The van der Waals surface area contributed by atoms with Crippen LogP contribution < -0.4 is 0 Å². The van der Waals surface area contributed by atoms with Gasteiger partial charge in [-0.25, -0.2) is 0 Å². The Kier molecular flexibility index (Phi) is 1.83. The molecule has 1 fully saturated rings. The van der Waals surface area contributed by atoms with Crippen LogP contribution in [0.25, 0.3) is 0 Å². The molecule has 13 heavy (non-hydrogen) atoms. The summed E-state index contributed by atoms with van der Waals surface area (Å²) < 4.78 is 0. The van der Waals surface area contributed by atoms with Gasteiger partial charge in [-0.1, -0.05) is 24.3 Å². The first kappa shape index (κ1) is 8.30. The third-order valence-corrected chi connectivity index (χ3v) is 2.70. The van der Waals surface area contributed by atoms with Crippen LogP contribution >= 0.6 is 0 Å². The molecule has 2 nitrogen and oxygen atoms in total. The van der Waals surface area contributed by atoms with E-state index in [1.165, 1.54) is 11.1 Å². The van der Waals surface area contributed by atoms with Crippen LogP contribution in [-0.2, 0) is 4.79 Å². The summed E-state index contributed by atoms with van der Waals surface area (Å²) in [6, 6.07) is 8.02. The Morgan fingerprint density at radius 3 is 2.69 bits per heavy atom. The molecular weight excluding hydrogens is 164 g/mol. The molecule has 0 saturated heterocycles. The third kappa shape index (κ3) is 1.44. The number of benzene rings is 1. The fraction of sp³-hybridized carbons (Fsp3) is 0.364. The quantitative estimate of drug-likeness (QED) is 0.749. The predicted molar refractivity (Wildman–Crippen MR) is 49.7 cm³/mol. The summed E-state index contributed by atoms with van der Waals surface area (Å²) in [5.74, 6) is -0.534. The van der Waals surface area contributed by atoms with Crippen LogP contribution in [0.1, 0.15) is 23.5 Å². The maximum absolute atomic E-state index is 10.7. The summed E-state index contributed by atoms with van der Waals surface area (Å²) in [5.41, 5.74) is 2.41. The van der Waals surface area contributed by atoms with E-state index in [0.29, 0.717) is 0 Å². The Labute approximate surface area is 77.2 Å². The number of rotatable bonds is 2. The van der Waals surface area contributed by atoms with E-state index in [-0.39, 0.29) is 11.8 Å². The number of carbonyl (C=O) groups is 1. The zero-order valence-electron chi connectivity index (χ0n) is 7.53. The van der Waals surface area contributed by atoms with Crippen molar-refractivity contribution in [2.75, 3.05) is 0 Å². The van der Waals surface area contributed by atoms with Gasteiger partial charge in [-0.05, 0) is 30.4 Å². The summed E-state index contributed by atoms with van der Waals surface area (Å²) >= 11 is 0. The lowest BCUT2D eigenvalue weighted by atomic mass is 10.0. The van der Waals surface area contributed by atoms with Crippen molar-refractivity contribution >= 4 is 5.97 Å². The van der Waals surface area contributed by atoms with E-state index < -0.39 is 5.97 Å². The molecule has 1 aromatic rings. The molecule has 0 bridgehead atoms. The van der Waals surface area contributed by atoms with Gasteiger partial charge in [0.15, 0.2) is 0 Å². The molecule has 2 atom stereocenters. The first-order valence-electron chi connectivity index (χ1n) is 4.48. The molecule has 0 aliphatic heterocycles. The fourth-order valence-electron chi connectivity index (χ4n) is 1.81. The van der Waals surface area contributed by atoms with Crippen molar-refractivity contribution in [3.05, 3.63) is 35.4 Å². The minimum absolute atomic E-state index is 0.138. The maximum atomic E-state index is 10.7. The smallest absolute Gasteiger partial charge is 0.307 e. The molecule has 2 heteroatoms. The average molecular weight is 176 g/mol. The Bertz CT molecular complexity index is 344. The second-order valence-electron chi connectivity index (χ2n) is 3.64. The molecule has 1 aromatic carbocycles. The molecule has 0 radical (unpaired) electrons. The Morgan fingerprint density at radius 1 is 1.46 bits per heavy atom. The zero-order valence-corrected chi connectivity index (χ0v) is 7.53. The predicted octanol–water partition coefficient (Wildman–Crippen LogP) is 2.18. The molecule has 1 aliphatic rings. The maximum Gasteiger partial charge on any atom is 0.307 e. The van der Waals surface area contributed by atoms with Crippen LogP contribution in [0.4, 0.5) is 0 Å². The van der Waals surface area contributed by atoms with Crippen LogP contribution in [0.2, 0.25) is 0 Å². The highest BCUT2D eigenvalue weighted by atomic mass is 16.4. The highest BCUT2D eigenvalue weighted by Gasteiger charge is 2.44. The molecule has 0 aromatic heterocycles. The van der Waals surface area contributed by atoms with Gasteiger partial charge in [-0.15, -0.1) is 0 Å². The Hall–Kier alpha value is -1.31. The zero-order chi connectivity index (χ0) is 9.42. The van der Waals surface area contributed by atoms with Gasteiger partial charge in [-0.3, -0.25) is 4.79 Å². The van der Waals surface area contributed by atoms with E-state index in [1.807, 2.05) is 31.2 Å². The van der Waals surface area contributed by atoms with E-state index in [1.54, 1.807) is 0 Å². The number of aryl methyl sites for hydroxylation is 1. The molecule has 1 aliphatic carbocycles. The van der Waals surface area contributed by atoms with Crippen LogP contribution in [0, 0.1) is 12.8 Å². The normalized spacial score (nSPS) is 25.6. The largest absolute Gasteiger partial charge is 0.481 e. The van der Waals surface area contributed by atoms with Crippen LogP contribution in [0.3, 0.4) is 0 Å². The van der Waals surface area contributed by atoms with Crippen molar-refractivity contribution in [3.63, 3.8) is 0 Å². The summed E-state index contributed by atoms with van der Waals surface area (Å²) in [4.78, 5) is 10.7. The highest BCUT2D eigenvalue weighted by Crippen LogP contribution is 2.48. The lowest BCUT2D eigenvalue weighted by molar-refractivity contribution is -0.138. The number of carboxylic acids is 1. The van der Waals surface area contributed by atoms with E-state index >= 15 is 0 Å². The summed E-state index contributed by atoms with van der Waals surface area (Å²) in [7, 11) is 0. The Balaban J connectivity index is 2.21. The van der Waals surface area contributed by atoms with Crippen LogP contribution in [0.5, 0.6) is 0 Å². The first-order chi connectivity index (χ1) is 6.20. The van der Waals surface area contributed by atoms with Gasteiger partial charge in [0.25, 0.3) is 0 Å². The SMILES string of the molecule is Cc1ccccc1C1CC1C(=O)O. The fourth-order valence-corrected chi connectivity index (χ4v) is 1.81. The van der Waals surface area contributed by atoms with E-state index in [4.69, 9.17) is 5.11 Å². The van der Waals surface area contributed by atoms with E-state index in [0.717, 1.165) is 6.42 Å². The number of carboxylic acid groups (broad SMARTS) is 1. The molecule has 0 amide bonds. The van der Waals surface area contributed by atoms with Gasteiger partial charge in [0, 0.05) is 0 Å². The van der Waals surface area contributed by atoms with Gasteiger partial charge in [0.2, 0.25) is 0 Å². The van der Waals surface area contributed by atoms with Gasteiger partial charge in [-0.2, -0.15) is 0 Å². The summed E-state index contributed by atoms with van der Waals surface area (Å²) in [5, 5.41) is 8.78. The molecule has 2 rings (SSSR count). The topological polar surface area (TPSA) is 37.3 Å². The van der Waals surface area contributed by atoms with Gasteiger partial charge >= 0.3 is 5.97 Å². The second-order valence-corrected chi connectivity index (χ2v) is 3.64. The molecular formula is C11H12O2. The highest BCUT2D eigenvalue weighted by molar-refractivity contribution is 5.75. The lowest BCUT2D eigenvalue weighted by Crippen LogP contribution is -1.99. The summed E-state index contributed by atoms with van der Waals surface area (Å²) in [6.45, 7) is 2.03. The van der Waals surface area contributed by atoms with Crippen molar-refractivity contribution in [1.82, 2.24) is 0 Å². The van der Waals surface area contributed by atoms with Gasteiger partial charge in [0.05, 0.1) is 5.92 Å². The molecule has 0 spiro atoms. The molecule has 0 heterocycles. The van der Waals surface area contributed by atoms with Crippen molar-refractivity contribution in [1.29, 1.82) is 0 Å². The van der Waals surface area contributed by atoms with Crippen LogP contribution in [-0.4, -0.2) is 11.1 Å². The molecule has 2 unspecified atom stereocenters. The number of aliphatic carboxylic acids is 1. The van der Waals surface area contributed by atoms with Crippen molar-refractivity contribution in [2.45, 2.75) is 19.3 Å². The summed E-state index contributed by atoms with van der Waals surface area (Å²) in [6.07, 6.45) is 0.806. The molecule has 1 N–H and O–H groups in total. The Morgan fingerprint density at radius 2 is 2.15 bits per heavy atom. The standard InChI is InChI=1S/C11H12O2/c1-7-4-2-3-5-8(7)9-6-10(9)11(12)13/h2-5,9-10H,6H2,1H3,(H,12,13). The van der Waals surface area contributed by atoms with Crippen molar-refractivity contribution in [2.24, 2.45) is 5.92 Å². The molecule has 68 valence electrons.